The summed E-state index contributed by atoms with van der Waals surface area (Å²) in [6.45, 7) is 6.63. The lowest BCUT2D eigenvalue weighted by Gasteiger charge is -2.43. The van der Waals surface area contributed by atoms with Crippen molar-refractivity contribution in [1.29, 1.82) is 0 Å². The van der Waals surface area contributed by atoms with Crippen LogP contribution in [-0.4, -0.2) is 42.9 Å². The predicted molar refractivity (Wildman–Crippen MR) is 101 cm³/mol. The zero-order valence-electron chi connectivity index (χ0n) is 15.3. The fourth-order valence-electron chi connectivity index (χ4n) is 4.08. The van der Waals surface area contributed by atoms with E-state index in [1.807, 2.05) is 24.3 Å². The van der Waals surface area contributed by atoms with Gasteiger partial charge in [0.25, 0.3) is 0 Å². The molecule has 2 atom stereocenters. The van der Waals surface area contributed by atoms with E-state index in [9.17, 15) is 13.2 Å². The molecule has 3 rings (SSSR count). The Balaban J connectivity index is 1.83. The molecule has 1 saturated carbocycles. The zero-order valence-corrected chi connectivity index (χ0v) is 16.1. The molecule has 5 nitrogen and oxygen atoms in total. The summed E-state index contributed by atoms with van der Waals surface area (Å²) in [5, 5.41) is 2.65. The Labute approximate surface area is 150 Å². The molecule has 138 valence electrons. The third-order valence-corrected chi connectivity index (χ3v) is 7.61. The van der Waals surface area contributed by atoms with Gasteiger partial charge in [-0.25, -0.2) is 13.2 Å². The van der Waals surface area contributed by atoms with Gasteiger partial charge in [-0.05, 0) is 29.9 Å². The minimum Gasteiger partial charge on any atom is -0.319 e. The number of nitrogens with zero attached hydrogens (tertiary/aromatic N) is 1. The van der Waals surface area contributed by atoms with Crippen molar-refractivity contribution in [1.82, 2.24) is 4.90 Å². The van der Waals surface area contributed by atoms with Gasteiger partial charge in [-0.15, -0.1) is 0 Å². The quantitative estimate of drug-likeness (QED) is 0.828. The van der Waals surface area contributed by atoms with Gasteiger partial charge in [0.15, 0.2) is 9.84 Å². The predicted octanol–water partition coefficient (Wildman–Crippen LogP) is 3.56. The van der Waals surface area contributed by atoms with Crippen molar-refractivity contribution in [2.75, 3.05) is 17.6 Å². The van der Waals surface area contributed by atoms with Crippen LogP contribution in [-0.2, 0) is 15.3 Å². The monoisotopic (exact) mass is 364 g/mol. The third-order valence-electron chi connectivity index (χ3n) is 5.38. The van der Waals surface area contributed by atoms with Gasteiger partial charge in [0.2, 0.25) is 0 Å². The van der Waals surface area contributed by atoms with Gasteiger partial charge in [-0.2, -0.15) is 0 Å². The van der Waals surface area contributed by atoms with Gasteiger partial charge in [-0.1, -0.05) is 51.8 Å². The van der Waals surface area contributed by atoms with E-state index >= 15 is 0 Å². The molecule has 1 heterocycles. The number of sulfone groups is 1. The highest BCUT2D eigenvalue weighted by molar-refractivity contribution is 7.92. The van der Waals surface area contributed by atoms with E-state index in [1.165, 1.54) is 0 Å². The second kappa shape index (κ2) is 6.63. The molecular formula is C19H28N2O3S. The first-order chi connectivity index (χ1) is 11.7. The second-order valence-electron chi connectivity index (χ2n) is 8.18. The summed E-state index contributed by atoms with van der Waals surface area (Å²) in [6.07, 6.45) is 3.37. The number of fused-ring (bicyclic) bond motifs is 1. The fraction of sp³-hybridized carbons (Fsp3) is 0.632. The summed E-state index contributed by atoms with van der Waals surface area (Å²) in [5.41, 5.74) is 1.80. The van der Waals surface area contributed by atoms with Crippen molar-refractivity contribution >= 4 is 21.6 Å². The van der Waals surface area contributed by atoms with Crippen molar-refractivity contribution in [3.8, 4) is 0 Å². The van der Waals surface area contributed by atoms with Crippen molar-refractivity contribution < 1.29 is 13.2 Å². The Bertz CT molecular complexity index is 752. The number of urea groups is 1. The van der Waals surface area contributed by atoms with Crippen molar-refractivity contribution in [3.63, 3.8) is 0 Å². The number of carbonyl (C=O) groups is 1. The number of hydrogen-bond acceptors (Lipinski definition) is 3. The van der Waals surface area contributed by atoms with Crippen molar-refractivity contribution in [2.24, 2.45) is 0 Å². The van der Waals surface area contributed by atoms with E-state index in [-0.39, 0.29) is 29.8 Å². The lowest BCUT2D eigenvalue weighted by Crippen LogP contribution is -2.58. The first kappa shape index (κ1) is 18.2. The molecular weight excluding hydrogens is 336 g/mol. The van der Waals surface area contributed by atoms with E-state index in [2.05, 4.69) is 26.1 Å². The van der Waals surface area contributed by atoms with Crippen LogP contribution < -0.4 is 5.32 Å². The van der Waals surface area contributed by atoms with Crippen molar-refractivity contribution in [2.45, 2.75) is 63.2 Å². The highest BCUT2D eigenvalue weighted by Crippen LogP contribution is 2.33. The minimum atomic E-state index is -3.08. The molecule has 1 aliphatic heterocycles. The molecule has 0 aromatic heterocycles. The third kappa shape index (κ3) is 3.68. The highest BCUT2D eigenvalue weighted by atomic mass is 32.2. The maximum atomic E-state index is 12.9. The Morgan fingerprint density at radius 2 is 1.84 bits per heavy atom. The molecule has 1 aromatic rings. The second-order valence-corrected chi connectivity index (χ2v) is 10.5. The first-order valence-corrected chi connectivity index (χ1v) is 10.8. The van der Waals surface area contributed by atoms with E-state index < -0.39 is 15.1 Å². The number of benzene rings is 1. The molecule has 6 heteroatoms. The normalized spacial score (nSPS) is 26.0. The molecule has 1 saturated heterocycles. The standard InChI is InChI=1S/C19H28N2O3S/c1-19(2,3)14-8-4-5-9-15(14)20-18(22)21-12-13-25(23,24)17-11-7-6-10-16(17)21/h4-5,8-9,16-17H,6-7,10-13H2,1-3H3,(H,20,22)/t16-,17+/m1/s1. The molecule has 25 heavy (non-hydrogen) atoms. The number of carbonyl (C=O) groups excluding carboxylic acids is 1. The summed E-state index contributed by atoms with van der Waals surface area (Å²) in [4.78, 5) is 14.7. The average molecular weight is 365 g/mol. The molecule has 0 bridgehead atoms. The average Bonchev–Trinajstić information content (AvgIpc) is 2.54. The zero-order chi connectivity index (χ0) is 18.2. The van der Waals surface area contributed by atoms with Gasteiger partial charge >= 0.3 is 6.03 Å². The molecule has 1 N–H and O–H groups in total. The summed E-state index contributed by atoms with van der Waals surface area (Å²) < 4.78 is 24.7. The molecule has 2 amide bonds. The molecule has 0 radical (unpaired) electrons. The summed E-state index contributed by atoms with van der Waals surface area (Å²) in [5.74, 6) is 0.0719. The number of hydrogen-bond donors (Lipinski definition) is 1. The molecule has 0 unspecified atom stereocenters. The summed E-state index contributed by atoms with van der Waals surface area (Å²) in [7, 11) is -3.08. The Morgan fingerprint density at radius 3 is 2.56 bits per heavy atom. The fourth-order valence-corrected chi connectivity index (χ4v) is 6.12. The number of para-hydroxylation sites is 1. The Hall–Kier alpha value is -1.56. The van der Waals surface area contributed by atoms with Crippen LogP contribution in [0, 0.1) is 0 Å². The maximum Gasteiger partial charge on any atom is 0.322 e. The van der Waals surface area contributed by atoms with Gasteiger partial charge in [0, 0.05) is 12.2 Å². The van der Waals surface area contributed by atoms with Crippen LogP contribution in [0.1, 0.15) is 52.0 Å². The van der Waals surface area contributed by atoms with Crippen molar-refractivity contribution in [3.05, 3.63) is 29.8 Å². The van der Waals surface area contributed by atoms with Gasteiger partial charge in [-0.3, -0.25) is 0 Å². The van der Waals surface area contributed by atoms with Crippen LogP contribution in [0.2, 0.25) is 0 Å². The van der Waals surface area contributed by atoms with E-state index in [0.717, 1.165) is 30.5 Å². The van der Waals surface area contributed by atoms with Crippen LogP contribution in [0.5, 0.6) is 0 Å². The number of rotatable bonds is 1. The first-order valence-electron chi connectivity index (χ1n) is 9.09. The molecule has 2 fully saturated rings. The number of nitrogens with one attached hydrogen (secondary N) is 1. The largest absolute Gasteiger partial charge is 0.322 e. The summed E-state index contributed by atoms with van der Waals surface area (Å²) in [6, 6.07) is 7.46. The van der Waals surface area contributed by atoms with Crippen LogP contribution in [0.25, 0.3) is 0 Å². The van der Waals surface area contributed by atoms with Crippen LogP contribution in [0.4, 0.5) is 10.5 Å². The lowest BCUT2D eigenvalue weighted by atomic mass is 9.86. The smallest absolute Gasteiger partial charge is 0.319 e. The van der Waals surface area contributed by atoms with E-state index in [1.54, 1.807) is 4.90 Å². The maximum absolute atomic E-state index is 12.9. The summed E-state index contributed by atoms with van der Waals surface area (Å²) >= 11 is 0. The van der Waals surface area contributed by atoms with Gasteiger partial charge < -0.3 is 10.2 Å². The molecule has 1 aliphatic carbocycles. The number of amides is 2. The Kier molecular flexibility index (Phi) is 4.84. The molecule has 2 aliphatic rings. The van der Waals surface area contributed by atoms with E-state index in [0.29, 0.717) is 6.42 Å². The minimum absolute atomic E-state index is 0.0719. The van der Waals surface area contributed by atoms with Crippen LogP contribution in [0.3, 0.4) is 0 Å². The van der Waals surface area contributed by atoms with Gasteiger partial charge in [0.1, 0.15) is 0 Å². The van der Waals surface area contributed by atoms with Gasteiger partial charge in [0.05, 0.1) is 17.0 Å². The van der Waals surface area contributed by atoms with E-state index in [4.69, 9.17) is 0 Å². The topological polar surface area (TPSA) is 66.5 Å². The highest BCUT2D eigenvalue weighted by Gasteiger charge is 2.44. The molecule has 1 aromatic carbocycles. The van der Waals surface area contributed by atoms with Crippen LogP contribution in [0.15, 0.2) is 24.3 Å². The molecule has 0 spiro atoms. The number of anilines is 1. The van der Waals surface area contributed by atoms with Crippen LogP contribution >= 0.6 is 0 Å². The lowest BCUT2D eigenvalue weighted by molar-refractivity contribution is 0.167. The Morgan fingerprint density at radius 1 is 1.16 bits per heavy atom. The SMILES string of the molecule is CC(C)(C)c1ccccc1NC(=O)N1CCS(=O)(=O)[C@H]2CCCC[C@H]21.